The van der Waals surface area contributed by atoms with Gasteiger partial charge in [-0.25, -0.2) is 9.59 Å². The van der Waals surface area contributed by atoms with E-state index in [1.54, 1.807) is 0 Å². The van der Waals surface area contributed by atoms with Crippen molar-refractivity contribution in [2.24, 2.45) is 0 Å². The Labute approximate surface area is 134 Å². The highest BCUT2D eigenvalue weighted by Crippen LogP contribution is 2.35. The van der Waals surface area contributed by atoms with Gasteiger partial charge in [-0.05, 0) is 25.3 Å². The normalized spacial score (nSPS) is 15.9. The second-order valence-electron chi connectivity index (χ2n) is 5.49. The largest absolute Gasteiger partial charge is 0.467 e. The van der Waals surface area contributed by atoms with Crippen LogP contribution in [0.25, 0.3) is 0 Å². The molecule has 1 fully saturated rings. The number of rotatable bonds is 6. The van der Waals surface area contributed by atoms with Crippen LogP contribution in [0.2, 0.25) is 0 Å². The minimum absolute atomic E-state index is 0.128. The zero-order valence-electron chi connectivity index (χ0n) is 13.1. The van der Waals surface area contributed by atoms with Gasteiger partial charge in [0.2, 0.25) is 5.91 Å². The number of nitrogens with one attached hydrogen (secondary N) is 2. The summed E-state index contributed by atoms with van der Waals surface area (Å²) in [5, 5.41) is 5.10. The van der Waals surface area contributed by atoms with Crippen LogP contribution in [-0.4, -0.2) is 36.7 Å². The van der Waals surface area contributed by atoms with Gasteiger partial charge in [-0.1, -0.05) is 30.3 Å². The number of carbonyl (C=O) groups excluding carboxylic acids is 3. The van der Waals surface area contributed by atoms with Crippen molar-refractivity contribution in [3.63, 3.8) is 0 Å². The Morgan fingerprint density at radius 1 is 1.22 bits per heavy atom. The fraction of sp³-hybridized carbons (Fsp3) is 0.438. The van der Waals surface area contributed by atoms with Crippen LogP contribution in [-0.2, 0) is 25.7 Å². The fourth-order valence-corrected chi connectivity index (χ4v) is 2.06. The predicted octanol–water partition coefficient (Wildman–Crippen LogP) is 1.12. The molecule has 0 aromatic heterocycles. The van der Waals surface area contributed by atoms with Crippen LogP contribution in [0.4, 0.5) is 4.79 Å². The first-order valence-electron chi connectivity index (χ1n) is 7.34. The maximum Gasteiger partial charge on any atom is 0.408 e. The van der Waals surface area contributed by atoms with Gasteiger partial charge in [-0.2, -0.15) is 0 Å². The third kappa shape index (κ3) is 4.45. The SMILES string of the molecule is COC(=O)[C@@H](C)NC(=O)C1(NC(=O)OCc2ccccc2)CC1. The van der Waals surface area contributed by atoms with E-state index in [0.29, 0.717) is 12.8 Å². The number of esters is 1. The molecule has 1 aromatic rings. The predicted molar refractivity (Wildman–Crippen MR) is 81.3 cm³/mol. The zero-order valence-corrected chi connectivity index (χ0v) is 13.1. The lowest BCUT2D eigenvalue weighted by molar-refractivity contribution is -0.144. The van der Waals surface area contributed by atoms with Crippen LogP contribution < -0.4 is 10.6 Å². The minimum Gasteiger partial charge on any atom is -0.467 e. The molecule has 0 radical (unpaired) electrons. The smallest absolute Gasteiger partial charge is 0.408 e. The molecule has 0 unspecified atom stereocenters. The average Bonchev–Trinajstić information content (AvgIpc) is 3.33. The maximum atomic E-state index is 12.2. The number of ether oxygens (including phenoxy) is 2. The first-order chi connectivity index (χ1) is 11.0. The van der Waals surface area contributed by atoms with E-state index in [1.807, 2.05) is 30.3 Å². The summed E-state index contributed by atoms with van der Waals surface area (Å²) < 4.78 is 9.65. The Balaban J connectivity index is 1.82. The van der Waals surface area contributed by atoms with Gasteiger partial charge in [0.05, 0.1) is 7.11 Å². The molecule has 0 spiro atoms. The Kier molecular flexibility index (Phi) is 5.20. The van der Waals surface area contributed by atoms with E-state index in [0.717, 1.165) is 5.56 Å². The van der Waals surface area contributed by atoms with Gasteiger partial charge in [0.25, 0.3) is 0 Å². The second-order valence-corrected chi connectivity index (χ2v) is 5.49. The van der Waals surface area contributed by atoms with Crippen LogP contribution in [0.15, 0.2) is 30.3 Å². The molecule has 1 saturated carbocycles. The lowest BCUT2D eigenvalue weighted by Gasteiger charge is -2.19. The van der Waals surface area contributed by atoms with Crippen molar-refractivity contribution in [1.82, 2.24) is 10.6 Å². The molecule has 0 saturated heterocycles. The Morgan fingerprint density at radius 3 is 2.43 bits per heavy atom. The number of benzene rings is 1. The highest BCUT2D eigenvalue weighted by Gasteiger charge is 2.52. The number of alkyl carbamates (subject to hydrolysis) is 1. The summed E-state index contributed by atoms with van der Waals surface area (Å²) in [6.07, 6.45) is 0.354. The van der Waals surface area contributed by atoms with Crippen molar-refractivity contribution in [1.29, 1.82) is 0 Å². The molecular weight excluding hydrogens is 300 g/mol. The summed E-state index contributed by atoms with van der Waals surface area (Å²) >= 11 is 0. The quantitative estimate of drug-likeness (QED) is 0.766. The molecule has 1 aliphatic rings. The molecule has 7 heteroatoms. The number of hydrogen-bond donors (Lipinski definition) is 2. The monoisotopic (exact) mass is 320 g/mol. The van der Waals surface area contributed by atoms with Crippen molar-refractivity contribution in [3.8, 4) is 0 Å². The first kappa shape index (κ1) is 16.8. The molecule has 2 rings (SSSR count). The number of hydrogen-bond acceptors (Lipinski definition) is 5. The van der Waals surface area contributed by atoms with Crippen LogP contribution >= 0.6 is 0 Å². The third-order valence-electron chi connectivity index (χ3n) is 3.64. The molecule has 0 bridgehead atoms. The number of carbonyl (C=O) groups is 3. The van der Waals surface area contributed by atoms with Gasteiger partial charge in [0, 0.05) is 0 Å². The molecule has 0 aliphatic heterocycles. The van der Waals surface area contributed by atoms with Gasteiger partial charge >= 0.3 is 12.1 Å². The summed E-state index contributed by atoms with van der Waals surface area (Å²) in [7, 11) is 1.25. The van der Waals surface area contributed by atoms with Gasteiger partial charge in [0.15, 0.2) is 0 Å². The van der Waals surface area contributed by atoms with Crippen molar-refractivity contribution < 1.29 is 23.9 Å². The summed E-state index contributed by atoms with van der Waals surface area (Å²) in [5.74, 6) is -0.951. The van der Waals surface area contributed by atoms with E-state index in [1.165, 1.54) is 14.0 Å². The molecule has 0 heterocycles. The molecule has 1 aliphatic carbocycles. The number of methoxy groups -OCH3 is 1. The van der Waals surface area contributed by atoms with Crippen molar-refractivity contribution in [3.05, 3.63) is 35.9 Å². The Bertz CT molecular complexity index is 583. The highest BCUT2D eigenvalue weighted by molar-refractivity contribution is 5.95. The summed E-state index contributed by atoms with van der Waals surface area (Å²) in [5.41, 5.74) is -0.132. The minimum atomic E-state index is -0.990. The van der Waals surface area contributed by atoms with Crippen molar-refractivity contribution in [2.45, 2.75) is 38.0 Å². The average molecular weight is 320 g/mol. The lowest BCUT2D eigenvalue weighted by atomic mass is 10.2. The Morgan fingerprint density at radius 2 is 1.87 bits per heavy atom. The molecule has 124 valence electrons. The van der Waals surface area contributed by atoms with Crippen molar-refractivity contribution >= 4 is 18.0 Å². The van der Waals surface area contributed by atoms with Crippen LogP contribution in [0.1, 0.15) is 25.3 Å². The highest BCUT2D eigenvalue weighted by atomic mass is 16.5. The topological polar surface area (TPSA) is 93.7 Å². The Hall–Kier alpha value is -2.57. The van der Waals surface area contributed by atoms with E-state index in [4.69, 9.17) is 4.74 Å². The second kappa shape index (κ2) is 7.13. The molecule has 1 atom stereocenters. The summed E-state index contributed by atoms with van der Waals surface area (Å²) in [4.78, 5) is 35.4. The molecule has 23 heavy (non-hydrogen) atoms. The van der Waals surface area contributed by atoms with Crippen LogP contribution in [0.5, 0.6) is 0 Å². The molecular formula is C16H20N2O5. The fourth-order valence-electron chi connectivity index (χ4n) is 2.06. The zero-order chi connectivity index (χ0) is 16.9. The van der Waals surface area contributed by atoms with Crippen molar-refractivity contribution in [2.75, 3.05) is 7.11 Å². The molecule has 2 amide bonds. The van der Waals surface area contributed by atoms with Gasteiger partial charge < -0.3 is 20.1 Å². The van der Waals surface area contributed by atoms with E-state index >= 15 is 0 Å². The maximum absolute atomic E-state index is 12.2. The lowest BCUT2D eigenvalue weighted by Crippen LogP contribution is -2.52. The van der Waals surface area contributed by atoms with E-state index in [9.17, 15) is 14.4 Å². The molecule has 1 aromatic carbocycles. The van der Waals surface area contributed by atoms with Crippen LogP contribution in [0.3, 0.4) is 0 Å². The van der Waals surface area contributed by atoms with Gasteiger partial charge in [0.1, 0.15) is 18.2 Å². The summed E-state index contributed by atoms with van der Waals surface area (Å²) in [6, 6.07) is 8.47. The van der Waals surface area contributed by atoms with E-state index in [2.05, 4.69) is 15.4 Å². The van der Waals surface area contributed by atoms with E-state index in [-0.39, 0.29) is 6.61 Å². The third-order valence-corrected chi connectivity index (χ3v) is 3.64. The molecule has 2 N–H and O–H groups in total. The van der Waals surface area contributed by atoms with E-state index < -0.39 is 29.6 Å². The van der Waals surface area contributed by atoms with Gasteiger partial charge in [-0.15, -0.1) is 0 Å². The van der Waals surface area contributed by atoms with Gasteiger partial charge in [-0.3, -0.25) is 4.79 Å². The standard InChI is InChI=1S/C16H20N2O5/c1-11(13(19)22-2)17-14(20)16(8-9-16)18-15(21)23-10-12-6-4-3-5-7-12/h3-7,11H,8-10H2,1-2H3,(H,17,20)(H,18,21)/t11-/m1/s1. The number of amides is 2. The van der Waals surface area contributed by atoms with Crippen LogP contribution in [0, 0.1) is 0 Å². The first-order valence-corrected chi connectivity index (χ1v) is 7.34. The summed E-state index contributed by atoms with van der Waals surface area (Å²) in [6.45, 7) is 1.65. The molecule has 7 nitrogen and oxygen atoms in total.